The quantitative estimate of drug-likeness (QED) is 0.759. The van der Waals surface area contributed by atoms with Crippen molar-refractivity contribution in [3.05, 3.63) is 27.7 Å². The fourth-order valence-corrected chi connectivity index (χ4v) is 3.59. The summed E-state index contributed by atoms with van der Waals surface area (Å²) in [4.78, 5) is 0.146. The Morgan fingerprint density at radius 3 is 2.40 bits per heavy atom. The molecule has 1 aromatic rings. The number of halogens is 2. The van der Waals surface area contributed by atoms with Crippen LogP contribution >= 0.6 is 27.5 Å². The van der Waals surface area contributed by atoms with Gasteiger partial charge in [0.2, 0.25) is 10.0 Å². The van der Waals surface area contributed by atoms with Crippen LogP contribution in [0.5, 0.6) is 0 Å². The van der Waals surface area contributed by atoms with Gasteiger partial charge in [-0.1, -0.05) is 25.4 Å². The van der Waals surface area contributed by atoms with Crippen LogP contribution in [0.1, 0.15) is 26.7 Å². The average molecular weight is 385 g/mol. The first-order valence-corrected chi connectivity index (χ1v) is 9.01. The van der Waals surface area contributed by atoms with Gasteiger partial charge in [-0.25, -0.2) is 13.1 Å². The summed E-state index contributed by atoms with van der Waals surface area (Å²) in [7, 11) is -3.61. The Kier molecular flexibility index (Phi) is 6.47. The maximum Gasteiger partial charge on any atom is 0.240 e. The zero-order chi connectivity index (χ0) is 15.4. The lowest BCUT2D eigenvalue weighted by atomic mass is 9.84. The summed E-state index contributed by atoms with van der Waals surface area (Å²) in [6.45, 7) is 4.03. The third-order valence-corrected chi connectivity index (χ3v) is 6.29. The van der Waals surface area contributed by atoms with Crippen LogP contribution < -0.4 is 4.72 Å². The van der Waals surface area contributed by atoms with Gasteiger partial charge in [-0.3, -0.25) is 0 Å². The van der Waals surface area contributed by atoms with Gasteiger partial charge in [0, 0.05) is 23.0 Å². The predicted octanol–water partition coefficient (Wildman–Crippen LogP) is 3.18. The monoisotopic (exact) mass is 383 g/mol. The van der Waals surface area contributed by atoms with Gasteiger partial charge >= 0.3 is 0 Å². The van der Waals surface area contributed by atoms with E-state index in [-0.39, 0.29) is 18.0 Å². The third-order valence-electron chi connectivity index (χ3n) is 3.67. The molecule has 0 aliphatic carbocycles. The molecular formula is C13H19BrClNO3S. The van der Waals surface area contributed by atoms with Gasteiger partial charge in [0.25, 0.3) is 0 Å². The van der Waals surface area contributed by atoms with E-state index in [0.717, 1.165) is 0 Å². The third kappa shape index (κ3) is 4.18. The highest BCUT2D eigenvalue weighted by Gasteiger charge is 2.28. The van der Waals surface area contributed by atoms with Crippen molar-refractivity contribution in [3.8, 4) is 0 Å². The van der Waals surface area contributed by atoms with E-state index in [1.807, 2.05) is 13.8 Å². The topological polar surface area (TPSA) is 66.4 Å². The molecule has 4 nitrogen and oxygen atoms in total. The number of hydrogen-bond acceptors (Lipinski definition) is 3. The molecule has 0 saturated heterocycles. The Labute approximate surface area is 133 Å². The highest BCUT2D eigenvalue weighted by atomic mass is 79.9. The van der Waals surface area contributed by atoms with Crippen LogP contribution in [0.3, 0.4) is 0 Å². The molecule has 0 aliphatic rings. The van der Waals surface area contributed by atoms with Gasteiger partial charge in [0.15, 0.2) is 0 Å². The number of hydrogen-bond donors (Lipinski definition) is 2. The number of rotatable bonds is 7. The minimum atomic E-state index is -3.61. The lowest BCUT2D eigenvalue weighted by Crippen LogP contribution is -2.39. The van der Waals surface area contributed by atoms with Crippen LogP contribution in [0.25, 0.3) is 0 Å². The average Bonchev–Trinajstić information content (AvgIpc) is 2.44. The first-order chi connectivity index (χ1) is 9.30. The van der Waals surface area contributed by atoms with Crippen molar-refractivity contribution in [1.29, 1.82) is 0 Å². The van der Waals surface area contributed by atoms with Crippen molar-refractivity contribution in [2.75, 3.05) is 13.2 Å². The molecule has 114 valence electrons. The molecule has 0 spiro atoms. The number of aliphatic hydroxyl groups is 1. The molecular weight excluding hydrogens is 366 g/mol. The van der Waals surface area contributed by atoms with Gasteiger partial charge < -0.3 is 5.11 Å². The SMILES string of the molecule is CCC(CC)(CO)CNS(=O)(=O)c1ccc(Cl)c(Br)c1. The predicted molar refractivity (Wildman–Crippen MR) is 84.4 cm³/mol. The van der Waals surface area contributed by atoms with Gasteiger partial charge in [-0.15, -0.1) is 0 Å². The second kappa shape index (κ2) is 7.22. The first-order valence-electron chi connectivity index (χ1n) is 6.36. The van der Waals surface area contributed by atoms with Crippen LogP contribution in [0, 0.1) is 5.41 Å². The van der Waals surface area contributed by atoms with Crippen molar-refractivity contribution in [3.63, 3.8) is 0 Å². The van der Waals surface area contributed by atoms with Gasteiger partial charge in [0.1, 0.15) is 0 Å². The molecule has 1 aromatic carbocycles. The fraction of sp³-hybridized carbons (Fsp3) is 0.538. The molecule has 0 saturated carbocycles. The normalized spacial score (nSPS) is 12.7. The smallest absolute Gasteiger partial charge is 0.240 e. The molecule has 0 bridgehead atoms. The summed E-state index contributed by atoms with van der Waals surface area (Å²) in [5.41, 5.74) is -0.420. The van der Waals surface area contributed by atoms with Crippen LogP contribution in [-0.4, -0.2) is 26.7 Å². The molecule has 7 heteroatoms. The van der Waals surface area contributed by atoms with E-state index in [1.165, 1.54) is 18.2 Å². The van der Waals surface area contributed by atoms with Crippen LogP contribution in [0.4, 0.5) is 0 Å². The number of sulfonamides is 1. The summed E-state index contributed by atoms with van der Waals surface area (Å²) in [6, 6.07) is 4.44. The van der Waals surface area contributed by atoms with E-state index in [9.17, 15) is 13.5 Å². The van der Waals surface area contributed by atoms with Gasteiger partial charge in [-0.2, -0.15) is 0 Å². The van der Waals surface area contributed by atoms with Crippen molar-refractivity contribution >= 4 is 37.6 Å². The standard InChI is InChI=1S/C13H19BrClNO3S/c1-3-13(4-2,9-17)8-16-20(18,19)10-5-6-12(15)11(14)7-10/h5-7,16-17H,3-4,8-9H2,1-2H3. The highest BCUT2D eigenvalue weighted by Crippen LogP contribution is 2.27. The highest BCUT2D eigenvalue weighted by molar-refractivity contribution is 9.10. The van der Waals surface area contributed by atoms with E-state index >= 15 is 0 Å². The van der Waals surface area contributed by atoms with Crippen LogP contribution in [0.15, 0.2) is 27.6 Å². The van der Waals surface area contributed by atoms with Crippen LogP contribution in [0.2, 0.25) is 5.02 Å². The Morgan fingerprint density at radius 1 is 1.35 bits per heavy atom. The first kappa shape index (κ1) is 17.9. The van der Waals surface area contributed by atoms with Crippen molar-refractivity contribution < 1.29 is 13.5 Å². The minimum Gasteiger partial charge on any atom is -0.396 e. The molecule has 0 aliphatic heterocycles. The zero-order valence-electron chi connectivity index (χ0n) is 11.5. The molecule has 0 amide bonds. The van der Waals surface area contributed by atoms with E-state index in [2.05, 4.69) is 20.7 Å². The summed E-state index contributed by atoms with van der Waals surface area (Å²) in [5, 5.41) is 9.92. The molecule has 1 rings (SSSR count). The Balaban J connectivity index is 2.92. The lowest BCUT2D eigenvalue weighted by Gasteiger charge is -2.29. The van der Waals surface area contributed by atoms with E-state index in [4.69, 9.17) is 11.6 Å². The molecule has 20 heavy (non-hydrogen) atoms. The zero-order valence-corrected chi connectivity index (χ0v) is 14.6. The van der Waals surface area contributed by atoms with Gasteiger partial charge in [0.05, 0.1) is 9.92 Å². The Hall–Kier alpha value is -0.140. The second-order valence-corrected chi connectivity index (χ2v) is 7.79. The molecule has 0 heterocycles. The van der Waals surface area contributed by atoms with Gasteiger partial charge in [-0.05, 0) is 47.0 Å². The molecule has 2 N–H and O–H groups in total. The number of nitrogens with one attached hydrogen (secondary N) is 1. The van der Waals surface area contributed by atoms with E-state index in [1.54, 1.807) is 0 Å². The van der Waals surface area contributed by atoms with Crippen molar-refractivity contribution in [2.45, 2.75) is 31.6 Å². The molecule has 0 fully saturated rings. The Morgan fingerprint density at radius 2 is 1.95 bits per heavy atom. The summed E-state index contributed by atoms with van der Waals surface area (Å²) in [6.07, 6.45) is 1.40. The van der Waals surface area contributed by atoms with E-state index in [0.29, 0.717) is 22.3 Å². The van der Waals surface area contributed by atoms with E-state index < -0.39 is 15.4 Å². The summed E-state index contributed by atoms with van der Waals surface area (Å²) < 4.78 is 27.6. The van der Waals surface area contributed by atoms with Crippen molar-refractivity contribution in [2.24, 2.45) is 5.41 Å². The lowest BCUT2D eigenvalue weighted by molar-refractivity contribution is 0.119. The maximum absolute atomic E-state index is 12.2. The number of aliphatic hydroxyl groups excluding tert-OH is 1. The molecule has 0 atom stereocenters. The Bertz CT molecular complexity index is 550. The summed E-state index contributed by atoms with van der Waals surface area (Å²) >= 11 is 9.06. The fourth-order valence-electron chi connectivity index (χ4n) is 1.75. The van der Waals surface area contributed by atoms with Crippen molar-refractivity contribution in [1.82, 2.24) is 4.72 Å². The molecule has 0 radical (unpaired) electrons. The molecule has 0 unspecified atom stereocenters. The molecule has 0 aromatic heterocycles. The summed E-state index contributed by atoms with van der Waals surface area (Å²) in [5.74, 6) is 0. The second-order valence-electron chi connectivity index (χ2n) is 4.77. The minimum absolute atomic E-state index is 0.0488. The largest absolute Gasteiger partial charge is 0.396 e. The number of benzene rings is 1. The van der Waals surface area contributed by atoms with Crippen LogP contribution in [-0.2, 0) is 10.0 Å². The maximum atomic E-state index is 12.2.